The van der Waals surface area contributed by atoms with E-state index in [4.69, 9.17) is 4.74 Å². The Bertz CT molecular complexity index is 621. The molecule has 0 aliphatic rings. The van der Waals surface area contributed by atoms with Gasteiger partial charge in [-0.25, -0.2) is 0 Å². The van der Waals surface area contributed by atoms with E-state index in [-0.39, 0.29) is 5.91 Å². The van der Waals surface area contributed by atoms with Crippen molar-refractivity contribution in [3.8, 4) is 5.75 Å². The van der Waals surface area contributed by atoms with Gasteiger partial charge in [0.25, 0.3) is 5.91 Å². The van der Waals surface area contributed by atoms with E-state index in [9.17, 15) is 4.79 Å². The van der Waals surface area contributed by atoms with Gasteiger partial charge in [0.05, 0.1) is 0 Å². The van der Waals surface area contributed by atoms with Gasteiger partial charge in [-0.15, -0.1) is 11.8 Å². The monoisotopic (exact) mass is 313 g/mol. The molecule has 0 atom stereocenters. The summed E-state index contributed by atoms with van der Waals surface area (Å²) < 4.78 is 5.39. The van der Waals surface area contributed by atoms with E-state index in [1.165, 1.54) is 4.90 Å². The largest absolute Gasteiger partial charge is 0.490 e. The molecule has 114 valence electrons. The molecule has 0 aromatic heterocycles. The standard InChI is InChI=1S/C18H19NO2S/c1-3-12-21-16-8-6-15(7-9-16)18(20)19-13-14-4-10-17(22-2)11-5-14/h3-11H,1,12-13H2,2H3,(H,19,20). The summed E-state index contributed by atoms with van der Waals surface area (Å²) in [5.74, 6) is 0.633. The van der Waals surface area contributed by atoms with Gasteiger partial charge in [-0.3, -0.25) is 4.79 Å². The summed E-state index contributed by atoms with van der Waals surface area (Å²) in [6.07, 6.45) is 3.72. The maximum absolute atomic E-state index is 12.1. The Balaban J connectivity index is 1.89. The first-order valence-corrected chi connectivity index (χ1v) is 8.20. The first-order valence-electron chi connectivity index (χ1n) is 6.98. The van der Waals surface area contributed by atoms with Crippen LogP contribution in [0.15, 0.2) is 66.1 Å². The van der Waals surface area contributed by atoms with Crippen LogP contribution in [0.3, 0.4) is 0 Å². The summed E-state index contributed by atoms with van der Waals surface area (Å²) in [5, 5.41) is 2.91. The van der Waals surface area contributed by atoms with Crippen molar-refractivity contribution in [3.63, 3.8) is 0 Å². The number of rotatable bonds is 7. The number of benzene rings is 2. The molecule has 1 amide bonds. The van der Waals surface area contributed by atoms with Crippen LogP contribution in [0.2, 0.25) is 0 Å². The predicted octanol–water partition coefficient (Wildman–Crippen LogP) is 3.90. The van der Waals surface area contributed by atoms with E-state index in [1.54, 1.807) is 42.1 Å². The molecule has 2 rings (SSSR count). The van der Waals surface area contributed by atoms with Crippen LogP contribution in [0.1, 0.15) is 15.9 Å². The van der Waals surface area contributed by atoms with Crippen LogP contribution < -0.4 is 10.1 Å². The lowest BCUT2D eigenvalue weighted by Crippen LogP contribution is -2.22. The van der Waals surface area contributed by atoms with Crippen LogP contribution in [0.25, 0.3) is 0 Å². The average molecular weight is 313 g/mol. The van der Waals surface area contributed by atoms with Gasteiger partial charge in [-0.2, -0.15) is 0 Å². The van der Waals surface area contributed by atoms with Crippen molar-refractivity contribution in [2.24, 2.45) is 0 Å². The van der Waals surface area contributed by atoms with Gasteiger partial charge < -0.3 is 10.1 Å². The molecule has 0 spiro atoms. The van der Waals surface area contributed by atoms with Gasteiger partial charge in [-0.05, 0) is 48.2 Å². The molecule has 0 bridgehead atoms. The third-order valence-electron chi connectivity index (χ3n) is 3.10. The van der Waals surface area contributed by atoms with E-state index in [2.05, 4.69) is 24.0 Å². The summed E-state index contributed by atoms with van der Waals surface area (Å²) in [4.78, 5) is 13.3. The number of thioether (sulfide) groups is 1. The van der Waals surface area contributed by atoms with Gasteiger partial charge in [0.1, 0.15) is 12.4 Å². The minimum absolute atomic E-state index is 0.0933. The Kier molecular flexibility index (Phi) is 6.10. The number of ether oxygens (including phenoxy) is 1. The van der Waals surface area contributed by atoms with Crippen LogP contribution in [0.4, 0.5) is 0 Å². The summed E-state index contributed by atoms with van der Waals surface area (Å²) >= 11 is 1.70. The van der Waals surface area contributed by atoms with Gasteiger partial charge in [0.2, 0.25) is 0 Å². The molecular weight excluding hydrogens is 294 g/mol. The molecule has 2 aromatic carbocycles. The smallest absolute Gasteiger partial charge is 0.251 e. The Labute approximate surface area is 135 Å². The van der Waals surface area contributed by atoms with E-state index in [1.807, 2.05) is 18.4 Å². The van der Waals surface area contributed by atoms with Gasteiger partial charge in [0.15, 0.2) is 0 Å². The zero-order chi connectivity index (χ0) is 15.8. The Morgan fingerprint density at radius 3 is 2.45 bits per heavy atom. The molecule has 0 fully saturated rings. The molecule has 0 aliphatic heterocycles. The third kappa shape index (κ3) is 4.67. The number of carbonyl (C=O) groups excluding carboxylic acids is 1. The highest BCUT2D eigenvalue weighted by Gasteiger charge is 2.05. The molecule has 0 saturated heterocycles. The zero-order valence-electron chi connectivity index (χ0n) is 12.5. The fraction of sp³-hybridized carbons (Fsp3) is 0.167. The number of hydrogen-bond acceptors (Lipinski definition) is 3. The third-order valence-corrected chi connectivity index (χ3v) is 3.84. The number of amides is 1. The van der Waals surface area contributed by atoms with Crippen molar-refractivity contribution in [2.45, 2.75) is 11.4 Å². The molecule has 0 heterocycles. The highest BCUT2D eigenvalue weighted by molar-refractivity contribution is 7.98. The van der Waals surface area contributed by atoms with Crippen molar-refractivity contribution >= 4 is 17.7 Å². The Morgan fingerprint density at radius 2 is 1.86 bits per heavy atom. The SMILES string of the molecule is C=CCOc1ccc(C(=O)NCc2ccc(SC)cc2)cc1. The topological polar surface area (TPSA) is 38.3 Å². The molecular formula is C18H19NO2S. The highest BCUT2D eigenvalue weighted by Crippen LogP contribution is 2.15. The van der Waals surface area contributed by atoms with E-state index < -0.39 is 0 Å². The van der Waals surface area contributed by atoms with Crippen LogP contribution in [-0.2, 0) is 6.54 Å². The molecule has 1 N–H and O–H groups in total. The van der Waals surface area contributed by atoms with Crippen molar-refractivity contribution in [1.82, 2.24) is 5.32 Å². The predicted molar refractivity (Wildman–Crippen MR) is 91.5 cm³/mol. The van der Waals surface area contributed by atoms with Crippen molar-refractivity contribution < 1.29 is 9.53 Å². The van der Waals surface area contributed by atoms with Gasteiger partial charge >= 0.3 is 0 Å². The summed E-state index contributed by atoms with van der Waals surface area (Å²) in [7, 11) is 0. The Morgan fingerprint density at radius 1 is 1.18 bits per heavy atom. The fourth-order valence-corrected chi connectivity index (χ4v) is 2.29. The maximum Gasteiger partial charge on any atom is 0.251 e. The molecule has 22 heavy (non-hydrogen) atoms. The maximum atomic E-state index is 12.1. The van der Waals surface area contributed by atoms with E-state index in [0.29, 0.717) is 18.7 Å². The fourth-order valence-electron chi connectivity index (χ4n) is 1.89. The number of nitrogens with one attached hydrogen (secondary N) is 1. The van der Waals surface area contributed by atoms with E-state index >= 15 is 0 Å². The van der Waals surface area contributed by atoms with E-state index in [0.717, 1.165) is 11.3 Å². The minimum atomic E-state index is -0.0933. The second kappa shape index (κ2) is 8.29. The van der Waals surface area contributed by atoms with Crippen molar-refractivity contribution in [3.05, 3.63) is 72.3 Å². The number of carbonyl (C=O) groups is 1. The second-order valence-corrected chi connectivity index (χ2v) is 5.53. The summed E-state index contributed by atoms with van der Waals surface area (Å²) in [6.45, 7) is 4.57. The molecule has 0 unspecified atom stereocenters. The Hall–Kier alpha value is -2.20. The first-order chi connectivity index (χ1) is 10.7. The van der Waals surface area contributed by atoms with Crippen molar-refractivity contribution in [1.29, 1.82) is 0 Å². The lowest BCUT2D eigenvalue weighted by molar-refractivity contribution is 0.0951. The molecule has 0 saturated carbocycles. The molecule has 3 nitrogen and oxygen atoms in total. The number of hydrogen-bond donors (Lipinski definition) is 1. The summed E-state index contributed by atoms with van der Waals surface area (Å²) in [5.41, 5.74) is 1.70. The molecule has 4 heteroatoms. The molecule has 0 aliphatic carbocycles. The second-order valence-electron chi connectivity index (χ2n) is 4.65. The van der Waals surface area contributed by atoms with Crippen LogP contribution in [0, 0.1) is 0 Å². The quantitative estimate of drug-likeness (QED) is 0.622. The van der Waals surface area contributed by atoms with Crippen LogP contribution in [-0.4, -0.2) is 18.8 Å². The zero-order valence-corrected chi connectivity index (χ0v) is 13.4. The van der Waals surface area contributed by atoms with Crippen molar-refractivity contribution in [2.75, 3.05) is 12.9 Å². The highest BCUT2D eigenvalue weighted by atomic mass is 32.2. The molecule has 2 aromatic rings. The first kappa shape index (κ1) is 16.2. The van der Waals surface area contributed by atoms with Crippen LogP contribution >= 0.6 is 11.8 Å². The van der Waals surface area contributed by atoms with Crippen LogP contribution in [0.5, 0.6) is 5.75 Å². The van der Waals surface area contributed by atoms with Gasteiger partial charge in [-0.1, -0.05) is 24.8 Å². The molecule has 0 radical (unpaired) electrons. The minimum Gasteiger partial charge on any atom is -0.490 e. The lowest BCUT2D eigenvalue weighted by atomic mass is 10.2. The summed E-state index contributed by atoms with van der Waals surface area (Å²) in [6, 6.07) is 15.2. The lowest BCUT2D eigenvalue weighted by Gasteiger charge is -2.07. The average Bonchev–Trinajstić information content (AvgIpc) is 2.58. The normalized spacial score (nSPS) is 10.0. The van der Waals surface area contributed by atoms with Gasteiger partial charge in [0, 0.05) is 17.0 Å².